The van der Waals surface area contributed by atoms with Crippen molar-refractivity contribution in [2.24, 2.45) is 0 Å². The molecule has 136 valence electrons. The minimum absolute atomic E-state index is 0.135. The van der Waals surface area contributed by atoms with Crippen LogP contribution >= 0.6 is 22.9 Å². The number of hydrogen-bond acceptors (Lipinski definition) is 5. The highest BCUT2D eigenvalue weighted by Gasteiger charge is 2.20. The van der Waals surface area contributed by atoms with E-state index in [0.29, 0.717) is 16.6 Å². The minimum Gasteiger partial charge on any atom is -0.324 e. The zero-order chi connectivity index (χ0) is 19.0. The summed E-state index contributed by atoms with van der Waals surface area (Å²) in [6.07, 6.45) is 5.54. The molecule has 1 aromatic carbocycles. The summed E-state index contributed by atoms with van der Waals surface area (Å²) in [4.78, 5) is 31.6. The Labute approximate surface area is 164 Å². The highest BCUT2D eigenvalue weighted by molar-refractivity contribution is 7.18. The molecule has 0 radical (unpaired) electrons. The van der Waals surface area contributed by atoms with Crippen LogP contribution in [0, 0.1) is 11.3 Å². The second-order valence-corrected chi connectivity index (χ2v) is 7.91. The van der Waals surface area contributed by atoms with E-state index in [4.69, 9.17) is 16.9 Å². The molecule has 0 saturated carbocycles. The lowest BCUT2D eigenvalue weighted by Crippen LogP contribution is -2.28. The Morgan fingerprint density at radius 3 is 2.96 bits per heavy atom. The van der Waals surface area contributed by atoms with E-state index < -0.39 is 0 Å². The zero-order valence-corrected chi connectivity index (χ0v) is 15.9. The van der Waals surface area contributed by atoms with Crippen molar-refractivity contribution in [3.8, 4) is 6.07 Å². The topological polar surface area (TPSA) is 87.8 Å². The average molecular weight is 399 g/mol. The van der Waals surface area contributed by atoms with Gasteiger partial charge in [0.05, 0.1) is 22.3 Å². The molecule has 1 amide bonds. The van der Waals surface area contributed by atoms with Crippen LogP contribution in [0.15, 0.2) is 29.3 Å². The summed E-state index contributed by atoms with van der Waals surface area (Å²) in [7, 11) is 0. The molecule has 8 heteroatoms. The summed E-state index contributed by atoms with van der Waals surface area (Å²) >= 11 is 7.56. The Balaban J connectivity index is 1.59. The van der Waals surface area contributed by atoms with E-state index in [2.05, 4.69) is 10.3 Å². The molecule has 2 heterocycles. The van der Waals surface area contributed by atoms with Gasteiger partial charge in [-0.2, -0.15) is 5.26 Å². The first-order valence-corrected chi connectivity index (χ1v) is 9.75. The number of halogens is 1. The summed E-state index contributed by atoms with van der Waals surface area (Å²) in [5.41, 5.74) is 1.74. The Morgan fingerprint density at radius 1 is 1.37 bits per heavy atom. The Bertz CT molecular complexity index is 1160. The summed E-state index contributed by atoms with van der Waals surface area (Å²) in [5.74, 6) is -0.358. The third kappa shape index (κ3) is 3.34. The van der Waals surface area contributed by atoms with E-state index in [-0.39, 0.29) is 23.0 Å². The van der Waals surface area contributed by atoms with Gasteiger partial charge in [-0.05, 0) is 49.4 Å². The molecule has 0 atom stereocenters. The minimum atomic E-state index is -0.358. The molecule has 0 unspecified atom stereocenters. The fraction of sp³-hybridized carbons (Fsp3) is 0.263. The molecule has 0 saturated heterocycles. The molecule has 0 bridgehead atoms. The van der Waals surface area contributed by atoms with Crippen LogP contribution in [0.4, 0.5) is 5.69 Å². The Morgan fingerprint density at radius 2 is 2.19 bits per heavy atom. The summed E-state index contributed by atoms with van der Waals surface area (Å²) in [6.45, 7) is -0.135. The first-order chi connectivity index (χ1) is 13.1. The summed E-state index contributed by atoms with van der Waals surface area (Å²) in [5, 5.41) is 12.5. The van der Waals surface area contributed by atoms with Gasteiger partial charge in [0.2, 0.25) is 5.91 Å². The molecule has 0 spiro atoms. The number of hydrogen-bond donors (Lipinski definition) is 1. The predicted octanol–water partition coefficient (Wildman–Crippen LogP) is 3.50. The lowest BCUT2D eigenvalue weighted by Gasteiger charge is -2.11. The Hall–Kier alpha value is -2.69. The number of fused-ring (bicyclic) bond motifs is 3. The van der Waals surface area contributed by atoms with E-state index in [9.17, 15) is 9.59 Å². The number of aromatic nitrogens is 2. The van der Waals surface area contributed by atoms with Crippen molar-refractivity contribution >= 4 is 44.7 Å². The van der Waals surface area contributed by atoms with Gasteiger partial charge in [0.25, 0.3) is 5.56 Å². The van der Waals surface area contributed by atoms with Crippen molar-refractivity contribution < 1.29 is 4.79 Å². The first kappa shape index (κ1) is 17.7. The maximum Gasteiger partial charge on any atom is 0.262 e. The SMILES string of the molecule is N#Cc1ccc(NC(=O)Cn2cnc3sc4c(c3c2=O)CCCC4)cc1Cl. The summed E-state index contributed by atoms with van der Waals surface area (Å²) < 4.78 is 1.34. The highest BCUT2D eigenvalue weighted by atomic mass is 35.5. The van der Waals surface area contributed by atoms with Crippen molar-refractivity contribution in [3.63, 3.8) is 0 Å². The molecule has 2 aromatic heterocycles. The fourth-order valence-corrected chi connectivity index (χ4v) is 4.77. The largest absolute Gasteiger partial charge is 0.324 e. The first-order valence-electron chi connectivity index (χ1n) is 8.56. The molecular formula is C19H15ClN4O2S. The molecule has 27 heavy (non-hydrogen) atoms. The van der Waals surface area contributed by atoms with Gasteiger partial charge < -0.3 is 5.32 Å². The average Bonchev–Trinajstić information content (AvgIpc) is 3.03. The van der Waals surface area contributed by atoms with Gasteiger partial charge in [-0.3, -0.25) is 14.2 Å². The van der Waals surface area contributed by atoms with E-state index in [1.807, 2.05) is 6.07 Å². The highest BCUT2D eigenvalue weighted by Crippen LogP contribution is 2.33. The van der Waals surface area contributed by atoms with Crippen molar-refractivity contribution in [3.05, 3.63) is 55.9 Å². The zero-order valence-electron chi connectivity index (χ0n) is 14.3. The normalized spacial score (nSPS) is 13.2. The number of nitrogens with zero attached hydrogens (tertiary/aromatic N) is 3. The number of anilines is 1. The van der Waals surface area contributed by atoms with Crippen LogP contribution in [0.5, 0.6) is 0 Å². The van der Waals surface area contributed by atoms with E-state index >= 15 is 0 Å². The van der Waals surface area contributed by atoms with Gasteiger partial charge in [0.1, 0.15) is 17.4 Å². The van der Waals surface area contributed by atoms with Crippen molar-refractivity contribution in [2.75, 3.05) is 5.32 Å². The van der Waals surface area contributed by atoms with Crippen LogP contribution in [-0.4, -0.2) is 15.5 Å². The van der Waals surface area contributed by atoms with E-state index in [1.54, 1.807) is 17.4 Å². The van der Waals surface area contributed by atoms with E-state index in [0.717, 1.165) is 36.1 Å². The van der Waals surface area contributed by atoms with Crippen LogP contribution in [0.3, 0.4) is 0 Å². The van der Waals surface area contributed by atoms with Gasteiger partial charge in [-0.1, -0.05) is 11.6 Å². The van der Waals surface area contributed by atoms with Crippen LogP contribution in [0.1, 0.15) is 28.8 Å². The Kier molecular flexibility index (Phi) is 4.68. The third-order valence-electron chi connectivity index (χ3n) is 4.63. The van der Waals surface area contributed by atoms with Crippen molar-refractivity contribution in [2.45, 2.75) is 32.2 Å². The number of nitrogens with one attached hydrogen (secondary N) is 1. The molecule has 0 fully saturated rings. The van der Waals surface area contributed by atoms with Gasteiger partial charge in [0, 0.05) is 10.6 Å². The van der Waals surface area contributed by atoms with Gasteiger partial charge in [-0.15, -0.1) is 11.3 Å². The lowest BCUT2D eigenvalue weighted by molar-refractivity contribution is -0.116. The van der Waals surface area contributed by atoms with Gasteiger partial charge in [-0.25, -0.2) is 4.98 Å². The number of amides is 1. The second kappa shape index (κ2) is 7.14. The maximum atomic E-state index is 12.9. The van der Waals surface area contributed by atoms with Crippen LogP contribution < -0.4 is 10.9 Å². The number of nitriles is 1. The fourth-order valence-electron chi connectivity index (χ4n) is 3.33. The van der Waals surface area contributed by atoms with E-state index in [1.165, 1.54) is 27.9 Å². The lowest BCUT2D eigenvalue weighted by atomic mass is 9.97. The number of benzene rings is 1. The molecule has 0 aliphatic heterocycles. The third-order valence-corrected chi connectivity index (χ3v) is 6.14. The van der Waals surface area contributed by atoms with Crippen molar-refractivity contribution in [1.82, 2.24) is 9.55 Å². The van der Waals surface area contributed by atoms with Gasteiger partial charge >= 0.3 is 0 Å². The van der Waals surface area contributed by atoms with Crippen LogP contribution in [0.25, 0.3) is 10.2 Å². The summed E-state index contributed by atoms with van der Waals surface area (Å²) in [6, 6.07) is 6.61. The predicted molar refractivity (Wildman–Crippen MR) is 105 cm³/mol. The van der Waals surface area contributed by atoms with Crippen molar-refractivity contribution in [1.29, 1.82) is 5.26 Å². The molecule has 3 aromatic rings. The second-order valence-electron chi connectivity index (χ2n) is 6.42. The molecule has 4 rings (SSSR count). The quantitative estimate of drug-likeness (QED) is 0.731. The smallest absolute Gasteiger partial charge is 0.262 e. The monoisotopic (exact) mass is 398 g/mol. The van der Waals surface area contributed by atoms with Crippen LogP contribution in [0.2, 0.25) is 5.02 Å². The molecule has 1 N–H and O–H groups in total. The number of rotatable bonds is 3. The number of carbonyl (C=O) groups is 1. The van der Waals surface area contributed by atoms with Crippen LogP contribution in [-0.2, 0) is 24.2 Å². The maximum absolute atomic E-state index is 12.9. The number of thiophene rings is 1. The number of carbonyl (C=O) groups excluding carboxylic acids is 1. The molecule has 1 aliphatic carbocycles. The molecular weight excluding hydrogens is 384 g/mol. The van der Waals surface area contributed by atoms with Gasteiger partial charge in [0.15, 0.2) is 0 Å². The molecule has 6 nitrogen and oxygen atoms in total. The number of aryl methyl sites for hydroxylation is 2. The molecule has 1 aliphatic rings. The standard InChI is InChI=1S/C19H15ClN4O2S/c20-14-7-12(6-5-11(14)8-21)23-16(25)9-24-10-22-18-17(19(24)26)13-3-1-2-4-15(13)27-18/h5-7,10H,1-4,9H2,(H,23,25).